The second-order valence-corrected chi connectivity index (χ2v) is 6.59. The van der Waals surface area contributed by atoms with E-state index >= 15 is 0 Å². The minimum Gasteiger partial charge on any atom is -0.449 e. The average Bonchev–Trinajstić information content (AvgIpc) is 2.67. The number of Topliss-reactive ketones (excluding diaryl/α,β-unsaturated/α-hetero) is 1. The second-order valence-electron chi connectivity index (χ2n) is 6.59. The minimum absolute atomic E-state index is 0.0537. The van der Waals surface area contributed by atoms with Crippen molar-refractivity contribution < 1.29 is 23.9 Å². The van der Waals surface area contributed by atoms with Gasteiger partial charge in [-0.25, -0.2) is 4.79 Å². The highest BCUT2D eigenvalue weighted by molar-refractivity contribution is 6.00. The zero-order valence-corrected chi connectivity index (χ0v) is 15.6. The molecule has 144 valence electrons. The Hall–Kier alpha value is -3.48. The van der Waals surface area contributed by atoms with Crippen LogP contribution in [0.25, 0.3) is 0 Å². The van der Waals surface area contributed by atoms with E-state index in [1.54, 1.807) is 42.5 Å². The molecule has 2 aromatic rings. The first-order chi connectivity index (χ1) is 13.3. The molecule has 0 aromatic heterocycles. The summed E-state index contributed by atoms with van der Waals surface area (Å²) in [5.74, 6) is -1.29. The third-order valence-electron chi connectivity index (χ3n) is 4.43. The number of hydrogen-bond acceptors (Lipinski definition) is 5. The summed E-state index contributed by atoms with van der Waals surface area (Å²) in [5.41, 5.74) is 2.78. The van der Waals surface area contributed by atoms with Gasteiger partial charge in [0.05, 0.1) is 5.56 Å². The van der Waals surface area contributed by atoms with Crippen LogP contribution < -0.4 is 10.6 Å². The number of hydrogen-bond donors (Lipinski definition) is 2. The van der Waals surface area contributed by atoms with Crippen molar-refractivity contribution in [3.8, 4) is 0 Å². The molecule has 3 rings (SSSR count). The molecule has 0 radical (unpaired) electrons. The van der Waals surface area contributed by atoms with Gasteiger partial charge in [0.2, 0.25) is 5.91 Å². The van der Waals surface area contributed by atoms with Crippen LogP contribution in [0, 0.1) is 0 Å². The molecular weight excluding hydrogens is 360 g/mol. The van der Waals surface area contributed by atoms with Gasteiger partial charge in [-0.2, -0.15) is 0 Å². The van der Waals surface area contributed by atoms with Crippen LogP contribution in [0.4, 0.5) is 11.4 Å². The fourth-order valence-electron chi connectivity index (χ4n) is 2.85. The summed E-state index contributed by atoms with van der Waals surface area (Å²) >= 11 is 0. The summed E-state index contributed by atoms with van der Waals surface area (Å²) in [5, 5.41) is 5.38. The molecular formula is C21H20N2O5. The lowest BCUT2D eigenvalue weighted by molar-refractivity contribution is -0.123. The molecule has 1 heterocycles. The first-order valence-electron chi connectivity index (χ1n) is 8.89. The molecule has 0 aliphatic carbocycles. The second kappa shape index (κ2) is 8.04. The van der Waals surface area contributed by atoms with E-state index in [4.69, 9.17) is 4.74 Å². The lowest BCUT2D eigenvalue weighted by atomic mass is 10.0. The van der Waals surface area contributed by atoms with Gasteiger partial charge >= 0.3 is 5.97 Å². The van der Waals surface area contributed by atoms with E-state index in [1.165, 1.54) is 13.8 Å². The first kappa shape index (κ1) is 19.3. The van der Waals surface area contributed by atoms with Gasteiger partial charge in [0.15, 0.2) is 11.9 Å². The number of esters is 1. The van der Waals surface area contributed by atoms with Crippen molar-refractivity contribution in [2.24, 2.45) is 0 Å². The fourth-order valence-corrected chi connectivity index (χ4v) is 2.85. The molecule has 2 N–H and O–H groups in total. The number of ketones is 1. The third-order valence-corrected chi connectivity index (χ3v) is 4.43. The number of nitrogens with one attached hydrogen (secondary N) is 2. The Morgan fingerprint density at radius 2 is 1.86 bits per heavy atom. The van der Waals surface area contributed by atoms with Crippen LogP contribution in [0.15, 0.2) is 42.5 Å². The Morgan fingerprint density at radius 1 is 1.07 bits per heavy atom. The van der Waals surface area contributed by atoms with Crippen molar-refractivity contribution in [3.63, 3.8) is 0 Å². The van der Waals surface area contributed by atoms with Crippen LogP contribution in [0.2, 0.25) is 0 Å². The standard InChI is InChI=1S/C21H20N2O5/c1-12(24)14-4-3-5-17(11-14)22-20(26)13(2)28-21(27)16-6-8-18-15(10-16)7-9-19(25)23-18/h3-6,8,10-11,13H,7,9H2,1-2H3,(H,22,26)(H,23,25). The summed E-state index contributed by atoms with van der Waals surface area (Å²) in [4.78, 5) is 47.5. The van der Waals surface area contributed by atoms with E-state index in [0.29, 0.717) is 35.3 Å². The van der Waals surface area contributed by atoms with Gasteiger partial charge in [0, 0.05) is 23.4 Å². The molecule has 0 spiro atoms. The summed E-state index contributed by atoms with van der Waals surface area (Å²) < 4.78 is 5.25. The Kier molecular flexibility index (Phi) is 5.54. The summed E-state index contributed by atoms with van der Waals surface area (Å²) in [6, 6.07) is 11.4. The van der Waals surface area contributed by atoms with Crippen LogP contribution in [0.5, 0.6) is 0 Å². The number of anilines is 2. The Morgan fingerprint density at radius 3 is 2.61 bits per heavy atom. The highest BCUT2D eigenvalue weighted by Gasteiger charge is 2.21. The van der Waals surface area contributed by atoms with E-state index in [2.05, 4.69) is 10.6 Å². The van der Waals surface area contributed by atoms with Crippen molar-refractivity contribution in [1.82, 2.24) is 0 Å². The molecule has 2 amide bonds. The van der Waals surface area contributed by atoms with Crippen molar-refractivity contribution in [2.45, 2.75) is 32.8 Å². The molecule has 7 heteroatoms. The van der Waals surface area contributed by atoms with Gasteiger partial charge in [-0.05, 0) is 56.2 Å². The monoisotopic (exact) mass is 380 g/mol. The molecule has 0 fully saturated rings. The number of rotatable bonds is 5. The molecule has 1 aliphatic rings. The van der Waals surface area contributed by atoms with Crippen molar-refractivity contribution >= 4 is 34.9 Å². The van der Waals surface area contributed by atoms with Crippen LogP contribution >= 0.6 is 0 Å². The topological polar surface area (TPSA) is 102 Å². The molecule has 1 aliphatic heterocycles. The highest BCUT2D eigenvalue weighted by atomic mass is 16.5. The third kappa shape index (κ3) is 4.43. The highest BCUT2D eigenvalue weighted by Crippen LogP contribution is 2.24. The van der Waals surface area contributed by atoms with E-state index in [-0.39, 0.29) is 11.7 Å². The summed E-state index contributed by atoms with van der Waals surface area (Å²) in [6.45, 7) is 2.91. The number of fused-ring (bicyclic) bond motifs is 1. The smallest absolute Gasteiger partial charge is 0.338 e. The molecule has 0 saturated heterocycles. The van der Waals surface area contributed by atoms with E-state index < -0.39 is 18.0 Å². The Bertz CT molecular complexity index is 967. The largest absolute Gasteiger partial charge is 0.449 e. The number of carbonyl (C=O) groups excluding carboxylic acids is 4. The SMILES string of the molecule is CC(=O)c1cccc(NC(=O)C(C)OC(=O)c2ccc3c(c2)CCC(=O)N3)c1. The normalized spacial score (nSPS) is 13.7. The lowest BCUT2D eigenvalue weighted by Gasteiger charge is -2.18. The average molecular weight is 380 g/mol. The van der Waals surface area contributed by atoms with Crippen molar-refractivity contribution in [3.05, 3.63) is 59.2 Å². The predicted molar refractivity (Wildman–Crippen MR) is 103 cm³/mol. The van der Waals surface area contributed by atoms with E-state index in [0.717, 1.165) is 5.56 Å². The molecule has 0 bridgehead atoms. The summed E-state index contributed by atoms with van der Waals surface area (Å²) in [6.07, 6.45) is -0.113. The van der Waals surface area contributed by atoms with Gasteiger partial charge in [-0.3, -0.25) is 14.4 Å². The molecule has 0 saturated carbocycles. The number of aryl methyl sites for hydroxylation is 1. The van der Waals surface area contributed by atoms with Crippen LogP contribution in [-0.4, -0.2) is 29.7 Å². The molecule has 28 heavy (non-hydrogen) atoms. The fraction of sp³-hybridized carbons (Fsp3) is 0.238. The van der Waals surface area contributed by atoms with Crippen molar-refractivity contribution in [2.75, 3.05) is 10.6 Å². The van der Waals surface area contributed by atoms with Crippen LogP contribution in [0.3, 0.4) is 0 Å². The maximum Gasteiger partial charge on any atom is 0.338 e. The first-order valence-corrected chi connectivity index (χ1v) is 8.89. The molecule has 1 atom stereocenters. The van der Waals surface area contributed by atoms with Gasteiger partial charge in [-0.1, -0.05) is 12.1 Å². The number of benzene rings is 2. The van der Waals surface area contributed by atoms with Crippen LogP contribution in [0.1, 0.15) is 46.5 Å². The Labute approximate surface area is 162 Å². The van der Waals surface area contributed by atoms with Crippen LogP contribution in [-0.2, 0) is 20.7 Å². The number of carbonyl (C=O) groups is 4. The maximum atomic E-state index is 12.4. The van der Waals surface area contributed by atoms with Gasteiger partial charge in [-0.15, -0.1) is 0 Å². The predicted octanol–water partition coefficient (Wildman–Crippen LogP) is 2.96. The van der Waals surface area contributed by atoms with Gasteiger partial charge in [0.1, 0.15) is 0 Å². The summed E-state index contributed by atoms with van der Waals surface area (Å²) in [7, 11) is 0. The number of ether oxygens (including phenoxy) is 1. The maximum absolute atomic E-state index is 12.4. The number of amides is 2. The zero-order chi connectivity index (χ0) is 20.3. The molecule has 7 nitrogen and oxygen atoms in total. The quantitative estimate of drug-likeness (QED) is 0.613. The lowest BCUT2D eigenvalue weighted by Crippen LogP contribution is -2.30. The minimum atomic E-state index is -1.02. The Balaban J connectivity index is 1.64. The molecule has 2 aromatic carbocycles. The van der Waals surface area contributed by atoms with Crippen molar-refractivity contribution in [1.29, 1.82) is 0 Å². The van der Waals surface area contributed by atoms with E-state index in [9.17, 15) is 19.2 Å². The zero-order valence-electron chi connectivity index (χ0n) is 15.6. The van der Waals surface area contributed by atoms with Gasteiger partial charge < -0.3 is 15.4 Å². The van der Waals surface area contributed by atoms with Gasteiger partial charge in [0.25, 0.3) is 5.91 Å². The molecule has 1 unspecified atom stereocenters. The van der Waals surface area contributed by atoms with E-state index in [1.807, 2.05) is 0 Å².